The van der Waals surface area contributed by atoms with E-state index < -0.39 is 0 Å². The molecule has 0 saturated heterocycles. The van der Waals surface area contributed by atoms with Gasteiger partial charge in [0.05, 0.1) is 0 Å². The van der Waals surface area contributed by atoms with E-state index in [4.69, 9.17) is 4.98 Å². The Balaban J connectivity index is 2.14. The summed E-state index contributed by atoms with van der Waals surface area (Å²) in [5, 5.41) is 3.47. The molecule has 0 aliphatic heterocycles. The van der Waals surface area contributed by atoms with Crippen molar-refractivity contribution in [3.63, 3.8) is 0 Å². The smallest absolute Gasteiger partial charge is 0.131 e. The predicted molar refractivity (Wildman–Crippen MR) is 87.5 cm³/mol. The van der Waals surface area contributed by atoms with Gasteiger partial charge in [0.2, 0.25) is 0 Å². The second kappa shape index (κ2) is 6.47. The highest BCUT2D eigenvalue weighted by Gasteiger charge is 2.21. The summed E-state index contributed by atoms with van der Waals surface area (Å²) in [7, 11) is 0. The van der Waals surface area contributed by atoms with Gasteiger partial charge in [0.25, 0.3) is 0 Å². The fourth-order valence-electron chi connectivity index (χ4n) is 3.04. The molecule has 3 nitrogen and oxygen atoms in total. The average molecular weight is 275 g/mol. The molecule has 0 spiro atoms. The molecular weight excluding hydrogens is 246 g/mol. The first-order chi connectivity index (χ1) is 9.49. The molecule has 1 heterocycles. The third-order valence-electron chi connectivity index (χ3n) is 3.89. The highest BCUT2D eigenvalue weighted by molar-refractivity contribution is 5.48. The highest BCUT2D eigenvalue weighted by atomic mass is 15.2. The number of hydrogen-bond donors (Lipinski definition) is 1. The van der Waals surface area contributed by atoms with Gasteiger partial charge in [-0.1, -0.05) is 25.3 Å². The second-order valence-electron chi connectivity index (χ2n) is 6.83. The van der Waals surface area contributed by atoms with Crippen LogP contribution in [0.2, 0.25) is 0 Å². The van der Waals surface area contributed by atoms with Crippen molar-refractivity contribution in [1.29, 1.82) is 0 Å². The summed E-state index contributed by atoms with van der Waals surface area (Å²) in [4.78, 5) is 7.30. The van der Waals surface area contributed by atoms with Crippen LogP contribution in [0.5, 0.6) is 0 Å². The molecule has 0 amide bonds. The van der Waals surface area contributed by atoms with Crippen LogP contribution in [-0.2, 0) is 0 Å². The van der Waals surface area contributed by atoms with Crippen LogP contribution in [0, 0.1) is 0 Å². The van der Waals surface area contributed by atoms with Crippen molar-refractivity contribution < 1.29 is 0 Å². The maximum Gasteiger partial charge on any atom is 0.131 e. The molecule has 0 atom stereocenters. The van der Waals surface area contributed by atoms with Crippen molar-refractivity contribution in [3.05, 3.63) is 18.2 Å². The van der Waals surface area contributed by atoms with E-state index in [2.05, 4.69) is 56.1 Å². The second-order valence-corrected chi connectivity index (χ2v) is 6.83. The van der Waals surface area contributed by atoms with Gasteiger partial charge in [0.1, 0.15) is 11.6 Å². The number of anilines is 2. The Hall–Kier alpha value is -1.25. The summed E-state index contributed by atoms with van der Waals surface area (Å²) in [6.45, 7) is 9.77. The van der Waals surface area contributed by atoms with E-state index in [1.54, 1.807) is 0 Å². The Morgan fingerprint density at radius 3 is 2.50 bits per heavy atom. The lowest BCUT2D eigenvalue weighted by atomic mass is 9.94. The van der Waals surface area contributed by atoms with Crippen molar-refractivity contribution in [2.24, 2.45) is 0 Å². The van der Waals surface area contributed by atoms with E-state index in [0.29, 0.717) is 6.04 Å². The molecule has 1 aromatic heterocycles. The topological polar surface area (TPSA) is 28.2 Å². The molecule has 0 bridgehead atoms. The Morgan fingerprint density at radius 1 is 1.20 bits per heavy atom. The number of rotatable bonds is 4. The van der Waals surface area contributed by atoms with Crippen molar-refractivity contribution in [2.45, 2.75) is 71.4 Å². The zero-order valence-corrected chi connectivity index (χ0v) is 13.4. The Kier molecular flexibility index (Phi) is 4.90. The minimum absolute atomic E-state index is 0.0491. The van der Waals surface area contributed by atoms with Gasteiger partial charge in [-0.05, 0) is 52.7 Å². The molecule has 1 aromatic rings. The Morgan fingerprint density at radius 2 is 1.90 bits per heavy atom. The van der Waals surface area contributed by atoms with Crippen molar-refractivity contribution in [3.8, 4) is 0 Å². The largest absolute Gasteiger partial charge is 0.365 e. The molecule has 3 heteroatoms. The summed E-state index contributed by atoms with van der Waals surface area (Å²) in [6.07, 6.45) is 6.74. The third-order valence-corrected chi connectivity index (χ3v) is 3.89. The van der Waals surface area contributed by atoms with Gasteiger partial charge in [-0.3, -0.25) is 0 Å². The molecule has 2 rings (SSSR count). The van der Waals surface area contributed by atoms with Gasteiger partial charge in [-0.25, -0.2) is 4.98 Å². The van der Waals surface area contributed by atoms with Gasteiger partial charge in [-0.2, -0.15) is 0 Å². The van der Waals surface area contributed by atoms with Crippen molar-refractivity contribution in [1.82, 2.24) is 4.98 Å². The fraction of sp³-hybridized carbons (Fsp3) is 0.706. The molecule has 112 valence electrons. The number of nitrogens with one attached hydrogen (secondary N) is 1. The van der Waals surface area contributed by atoms with Gasteiger partial charge >= 0.3 is 0 Å². The minimum Gasteiger partial charge on any atom is -0.365 e. The van der Waals surface area contributed by atoms with Crippen LogP contribution in [-0.4, -0.2) is 23.1 Å². The van der Waals surface area contributed by atoms with E-state index in [1.807, 2.05) is 0 Å². The molecule has 1 aliphatic rings. The zero-order valence-electron chi connectivity index (χ0n) is 13.4. The van der Waals surface area contributed by atoms with Crippen LogP contribution >= 0.6 is 0 Å². The monoisotopic (exact) mass is 275 g/mol. The number of nitrogens with zero attached hydrogens (tertiary/aromatic N) is 2. The van der Waals surface area contributed by atoms with Crippen molar-refractivity contribution >= 4 is 11.6 Å². The molecule has 1 aliphatic carbocycles. The molecule has 1 fully saturated rings. The quantitative estimate of drug-likeness (QED) is 0.880. The Labute approximate surface area is 123 Å². The first kappa shape index (κ1) is 15.1. The van der Waals surface area contributed by atoms with E-state index in [1.165, 1.54) is 32.1 Å². The number of aromatic nitrogens is 1. The summed E-state index contributed by atoms with van der Waals surface area (Å²) < 4.78 is 0. The van der Waals surface area contributed by atoms with E-state index >= 15 is 0 Å². The molecule has 1 N–H and O–H groups in total. The van der Waals surface area contributed by atoms with E-state index in [0.717, 1.165) is 18.2 Å². The summed E-state index contributed by atoms with van der Waals surface area (Å²) >= 11 is 0. The first-order valence-electron chi connectivity index (χ1n) is 8.01. The third kappa shape index (κ3) is 4.12. The van der Waals surface area contributed by atoms with E-state index in [-0.39, 0.29) is 5.54 Å². The van der Waals surface area contributed by atoms with Gasteiger partial charge in [0.15, 0.2) is 0 Å². The van der Waals surface area contributed by atoms with Crippen LogP contribution < -0.4 is 10.2 Å². The van der Waals surface area contributed by atoms with Crippen LogP contribution in [0.25, 0.3) is 0 Å². The van der Waals surface area contributed by atoms with Crippen LogP contribution in [0.15, 0.2) is 18.2 Å². The SMILES string of the molecule is CCN(c1cccc(NC(C)(C)C)n1)C1CCCCC1. The van der Waals surface area contributed by atoms with E-state index in [9.17, 15) is 0 Å². The maximum atomic E-state index is 4.82. The molecule has 20 heavy (non-hydrogen) atoms. The molecule has 1 saturated carbocycles. The summed E-state index contributed by atoms with van der Waals surface area (Å²) in [5.74, 6) is 2.10. The van der Waals surface area contributed by atoms with Crippen molar-refractivity contribution in [2.75, 3.05) is 16.8 Å². The number of pyridine rings is 1. The minimum atomic E-state index is 0.0491. The van der Waals surface area contributed by atoms with Gasteiger partial charge in [-0.15, -0.1) is 0 Å². The molecule has 0 radical (unpaired) electrons. The van der Waals surface area contributed by atoms with Gasteiger partial charge < -0.3 is 10.2 Å². The van der Waals surface area contributed by atoms with Crippen LogP contribution in [0.4, 0.5) is 11.6 Å². The highest BCUT2D eigenvalue weighted by Crippen LogP contribution is 2.27. The number of hydrogen-bond acceptors (Lipinski definition) is 3. The summed E-state index contributed by atoms with van der Waals surface area (Å²) in [6, 6.07) is 6.99. The first-order valence-corrected chi connectivity index (χ1v) is 8.01. The average Bonchev–Trinajstić information content (AvgIpc) is 2.39. The van der Waals surface area contributed by atoms with Crippen LogP contribution in [0.3, 0.4) is 0 Å². The molecule has 0 unspecified atom stereocenters. The zero-order chi connectivity index (χ0) is 14.6. The van der Waals surface area contributed by atoms with Crippen LogP contribution in [0.1, 0.15) is 59.8 Å². The fourth-order valence-corrected chi connectivity index (χ4v) is 3.04. The normalized spacial score (nSPS) is 17.0. The molecular formula is C17H29N3. The Bertz CT molecular complexity index is 416. The summed E-state index contributed by atoms with van der Waals surface area (Å²) in [5.41, 5.74) is 0.0491. The van der Waals surface area contributed by atoms with Gasteiger partial charge in [0, 0.05) is 18.1 Å². The predicted octanol–water partition coefficient (Wildman–Crippen LogP) is 4.45. The lowest BCUT2D eigenvalue weighted by molar-refractivity contribution is 0.416. The lowest BCUT2D eigenvalue weighted by Gasteiger charge is -2.35. The maximum absolute atomic E-state index is 4.82. The lowest BCUT2D eigenvalue weighted by Crippen LogP contribution is -2.37. The standard InChI is InChI=1S/C17H29N3/c1-5-20(14-10-7-6-8-11-14)16-13-9-12-15(18-16)19-17(2,3)4/h9,12-14H,5-8,10-11H2,1-4H3,(H,18,19). The molecule has 0 aromatic carbocycles.